The normalized spacial score (nSPS) is 10.4. The summed E-state index contributed by atoms with van der Waals surface area (Å²) in [6.07, 6.45) is 0. The molecule has 1 N–H and O–H groups in total. The van der Waals surface area contributed by atoms with Crippen LogP contribution in [-0.4, -0.2) is 27.9 Å². The molecule has 0 aliphatic heterocycles. The van der Waals surface area contributed by atoms with Gasteiger partial charge in [0.25, 0.3) is 5.91 Å². The first-order chi connectivity index (χ1) is 9.90. The lowest BCUT2D eigenvalue weighted by molar-refractivity contribution is -0.385. The number of rotatable bonds is 4. The fourth-order valence-electron chi connectivity index (χ4n) is 1.80. The van der Waals surface area contributed by atoms with Crippen LogP contribution in [0.2, 0.25) is 4.34 Å². The van der Waals surface area contributed by atoms with E-state index in [9.17, 15) is 20.0 Å². The van der Waals surface area contributed by atoms with E-state index >= 15 is 0 Å². The maximum atomic E-state index is 12.3. The van der Waals surface area contributed by atoms with E-state index in [1.807, 2.05) is 0 Å². The Bertz CT molecular complexity index is 701. The van der Waals surface area contributed by atoms with Crippen LogP contribution in [0.4, 0.5) is 5.69 Å². The monoisotopic (exact) mass is 326 g/mol. The van der Waals surface area contributed by atoms with Gasteiger partial charge in [-0.15, -0.1) is 11.3 Å². The average Bonchev–Trinajstić information content (AvgIpc) is 2.83. The third-order valence-corrected chi connectivity index (χ3v) is 4.03. The largest absolute Gasteiger partial charge is 0.502 e. The van der Waals surface area contributed by atoms with Gasteiger partial charge in [-0.25, -0.2) is 0 Å². The molecule has 0 unspecified atom stereocenters. The number of phenolic OH excluding ortho intramolecular Hbond substituents is 1. The van der Waals surface area contributed by atoms with Gasteiger partial charge >= 0.3 is 5.69 Å². The van der Waals surface area contributed by atoms with Gasteiger partial charge in [-0.1, -0.05) is 17.7 Å². The molecule has 2 rings (SSSR count). The third kappa shape index (κ3) is 3.32. The Labute approximate surface area is 129 Å². The minimum absolute atomic E-state index is 0.102. The standard InChI is InChI=1S/C13H11ClN2O4S/c1-15(7-8-5-6-11(14)21-8)13(18)9-3-2-4-10(12(9)17)16(19)20/h2-6,17H,7H2,1H3. The lowest BCUT2D eigenvalue weighted by Gasteiger charge is -2.16. The Hall–Kier alpha value is -2.12. The SMILES string of the molecule is CN(Cc1ccc(Cl)s1)C(=O)c1cccc([N+](=O)[O-])c1O. The molecule has 2 aromatic rings. The number of thiophene rings is 1. The number of nitro benzene ring substituents is 1. The van der Waals surface area contributed by atoms with Crippen molar-refractivity contribution >= 4 is 34.5 Å². The summed E-state index contributed by atoms with van der Waals surface area (Å²) >= 11 is 7.16. The molecular formula is C13H11ClN2O4S. The Morgan fingerprint density at radius 2 is 2.14 bits per heavy atom. The number of para-hydroxylation sites is 1. The number of benzene rings is 1. The van der Waals surface area contributed by atoms with Crippen molar-refractivity contribution in [1.82, 2.24) is 4.90 Å². The number of hydrogen-bond acceptors (Lipinski definition) is 5. The Morgan fingerprint density at radius 1 is 1.43 bits per heavy atom. The molecule has 21 heavy (non-hydrogen) atoms. The topological polar surface area (TPSA) is 83.7 Å². The highest BCUT2D eigenvalue weighted by atomic mass is 35.5. The maximum Gasteiger partial charge on any atom is 0.311 e. The van der Waals surface area contributed by atoms with Gasteiger partial charge in [-0.3, -0.25) is 14.9 Å². The van der Waals surface area contributed by atoms with Crippen molar-refractivity contribution in [2.45, 2.75) is 6.54 Å². The lowest BCUT2D eigenvalue weighted by Crippen LogP contribution is -2.26. The summed E-state index contributed by atoms with van der Waals surface area (Å²) in [7, 11) is 1.55. The number of halogens is 1. The van der Waals surface area contributed by atoms with Gasteiger partial charge in [-0.2, -0.15) is 0 Å². The minimum Gasteiger partial charge on any atom is -0.502 e. The molecule has 1 amide bonds. The van der Waals surface area contributed by atoms with Crippen molar-refractivity contribution in [3.8, 4) is 5.75 Å². The summed E-state index contributed by atoms with van der Waals surface area (Å²) in [4.78, 5) is 24.5. The maximum absolute atomic E-state index is 12.3. The number of nitro groups is 1. The summed E-state index contributed by atoms with van der Waals surface area (Å²) in [5, 5.41) is 20.6. The number of carbonyl (C=O) groups excluding carboxylic acids is 1. The zero-order chi connectivity index (χ0) is 15.6. The van der Waals surface area contributed by atoms with Crippen molar-refractivity contribution in [2.75, 3.05) is 7.05 Å². The van der Waals surface area contributed by atoms with E-state index in [1.165, 1.54) is 28.4 Å². The van der Waals surface area contributed by atoms with E-state index in [0.29, 0.717) is 10.9 Å². The molecule has 0 spiro atoms. The molecule has 0 atom stereocenters. The molecule has 8 heteroatoms. The number of nitrogens with zero attached hydrogens (tertiary/aromatic N) is 2. The predicted molar refractivity (Wildman–Crippen MR) is 79.9 cm³/mol. The van der Waals surface area contributed by atoms with E-state index in [0.717, 1.165) is 10.9 Å². The molecule has 0 radical (unpaired) electrons. The van der Waals surface area contributed by atoms with Gasteiger partial charge in [-0.05, 0) is 18.2 Å². The van der Waals surface area contributed by atoms with Crippen LogP contribution < -0.4 is 0 Å². The molecule has 0 saturated heterocycles. The van der Waals surface area contributed by atoms with Gasteiger partial charge in [0.15, 0.2) is 0 Å². The van der Waals surface area contributed by atoms with E-state index in [4.69, 9.17) is 11.6 Å². The molecule has 0 aliphatic carbocycles. The molecule has 110 valence electrons. The second kappa shape index (κ2) is 6.11. The second-order valence-corrected chi connectivity index (χ2v) is 6.10. The smallest absolute Gasteiger partial charge is 0.311 e. The van der Waals surface area contributed by atoms with Crippen molar-refractivity contribution in [2.24, 2.45) is 0 Å². The molecule has 0 aliphatic rings. The molecule has 0 bridgehead atoms. The van der Waals surface area contributed by atoms with Crippen molar-refractivity contribution in [3.05, 3.63) is 55.2 Å². The van der Waals surface area contributed by atoms with Gasteiger partial charge < -0.3 is 10.0 Å². The number of phenols is 1. The van der Waals surface area contributed by atoms with E-state index in [-0.39, 0.29) is 5.56 Å². The molecule has 1 aromatic carbocycles. The van der Waals surface area contributed by atoms with Crippen LogP contribution in [0, 0.1) is 10.1 Å². The van der Waals surface area contributed by atoms with Gasteiger partial charge in [0.05, 0.1) is 21.4 Å². The first-order valence-electron chi connectivity index (χ1n) is 5.86. The molecule has 0 fully saturated rings. The number of amides is 1. The van der Waals surface area contributed by atoms with Crippen LogP contribution in [0.3, 0.4) is 0 Å². The average molecular weight is 327 g/mol. The third-order valence-electron chi connectivity index (χ3n) is 2.81. The van der Waals surface area contributed by atoms with E-state index in [1.54, 1.807) is 19.2 Å². The van der Waals surface area contributed by atoms with Gasteiger partial charge in [0.2, 0.25) is 5.75 Å². The molecule has 0 saturated carbocycles. The fourth-order valence-corrected chi connectivity index (χ4v) is 2.94. The highest BCUT2D eigenvalue weighted by molar-refractivity contribution is 7.16. The minimum atomic E-state index is -0.731. The number of aromatic hydroxyl groups is 1. The van der Waals surface area contributed by atoms with Gasteiger partial charge in [0, 0.05) is 18.0 Å². The van der Waals surface area contributed by atoms with E-state index < -0.39 is 22.3 Å². The van der Waals surface area contributed by atoms with Crippen molar-refractivity contribution in [1.29, 1.82) is 0 Å². The Kier molecular flexibility index (Phi) is 4.44. The molecular weight excluding hydrogens is 316 g/mol. The van der Waals surface area contributed by atoms with Crippen molar-refractivity contribution < 1.29 is 14.8 Å². The predicted octanol–water partition coefficient (Wildman–Crippen LogP) is 3.29. The molecule has 1 aromatic heterocycles. The first kappa shape index (κ1) is 15.3. The van der Waals surface area contributed by atoms with Crippen LogP contribution >= 0.6 is 22.9 Å². The highest BCUT2D eigenvalue weighted by Crippen LogP contribution is 2.30. The van der Waals surface area contributed by atoms with Crippen molar-refractivity contribution in [3.63, 3.8) is 0 Å². The summed E-state index contributed by atoms with van der Waals surface area (Å²) in [6.45, 7) is 0.304. The molecule has 6 nitrogen and oxygen atoms in total. The zero-order valence-electron chi connectivity index (χ0n) is 10.9. The number of carbonyl (C=O) groups is 1. The summed E-state index contributed by atoms with van der Waals surface area (Å²) in [6, 6.07) is 7.38. The zero-order valence-corrected chi connectivity index (χ0v) is 12.5. The van der Waals surface area contributed by atoms with Gasteiger partial charge in [0.1, 0.15) is 0 Å². The second-order valence-electron chi connectivity index (χ2n) is 4.30. The fraction of sp³-hybridized carbons (Fsp3) is 0.154. The van der Waals surface area contributed by atoms with Crippen LogP contribution in [0.5, 0.6) is 5.75 Å². The summed E-state index contributed by atoms with van der Waals surface area (Å²) in [5.74, 6) is -1.12. The summed E-state index contributed by atoms with van der Waals surface area (Å²) < 4.78 is 0.615. The number of hydrogen-bond donors (Lipinski definition) is 1. The van der Waals surface area contributed by atoms with Crippen LogP contribution in [-0.2, 0) is 6.54 Å². The van der Waals surface area contributed by atoms with Crippen LogP contribution in [0.1, 0.15) is 15.2 Å². The van der Waals surface area contributed by atoms with Crippen LogP contribution in [0.15, 0.2) is 30.3 Å². The Morgan fingerprint density at radius 3 is 2.71 bits per heavy atom. The summed E-state index contributed by atoms with van der Waals surface area (Å²) in [5.41, 5.74) is -0.595. The first-order valence-corrected chi connectivity index (χ1v) is 7.05. The quantitative estimate of drug-likeness (QED) is 0.690. The molecule has 1 heterocycles. The van der Waals surface area contributed by atoms with Crippen LogP contribution in [0.25, 0.3) is 0 Å². The highest BCUT2D eigenvalue weighted by Gasteiger charge is 2.23. The lowest BCUT2D eigenvalue weighted by atomic mass is 10.1. The van der Waals surface area contributed by atoms with E-state index in [2.05, 4.69) is 0 Å². The Balaban J connectivity index is 2.23.